The number of ether oxygens (including phenoxy) is 1. The largest absolute Gasteiger partial charge is 0.573 e. The molecule has 4 nitrogen and oxygen atoms in total. The normalized spacial score (nSPS) is 11.3. The minimum Gasteiger partial charge on any atom is -0.504 e. The van der Waals surface area contributed by atoms with Gasteiger partial charge in [0.25, 0.3) is 0 Å². The number of rotatable bonds is 2. The van der Waals surface area contributed by atoms with Crippen molar-refractivity contribution in [3.05, 3.63) is 46.9 Å². The number of phenols is 1. The minimum absolute atomic E-state index is 0.322. The van der Waals surface area contributed by atoms with Gasteiger partial charge in [-0.15, -0.1) is 13.2 Å². The van der Waals surface area contributed by atoms with Gasteiger partial charge in [-0.1, -0.05) is 6.07 Å². The molecule has 0 spiro atoms. The lowest BCUT2D eigenvalue weighted by molar-refractivity contribution is -0.275. The van der Waals surface area contributed by atoms with Crippen LogP contribution in [0.1, 0.15) is 0 Å². The van der Waals surface area contributed by atoms with Gasteiger partial charge >= 0.3 is 6.36 Å². The Bertz CT molecular complexity index is 649. The lowest BCUT2D eigenvalue weighted by Crippen LogP contribution is -2.17. The highest BCUT2D eigenvalue weighted by atomic mass is 19.4. The number of H-pyrrole nitrogens is 1. The second-order valence-corrected chi connectivity index (χ2v) is 3.67. The molecule has 0 aliphatic heterocycles. The van der Waals surface area contributed by atoms with E-state index >= 15 is 0 Å². The Labute approximate surface area is 105 Å². The molecule has 0 aliphatic rings. The Balaban J connectivity index is 2.44. The summed E-state index contributed by atoms with van der Waals surface area (Å²) in [6.07, 6.45) is -3.53. The monoisotopic (exact) mass is 271 g/mol. The Morgan fingerprint density at radius 3 is 2.42 bits per heavy atom. The van der Waals surface area contributed by atoms with Gasteiger partial charge in [0, 0.05) is 12.3 Å². The summed E-state index contributed by atoms with van der Waals surface area (Å²) in [6, 6.07) is 6.21. The maximum absolute atomic E-state index is 12.1. The summed E-state index contributed by atoms with van der Waals surface area (Å²) in [4.78, 5) is 13.5. The molecule has 0 radical (unpaired) electrons. The molecule has 0 saturated carbocycles. The summed E-state index contributed by atoms with van der Waals surface area (Å²) in [5.74, 6) is -1.35. The van der Waals surface area contributed by atoms with Crippen LogP contribution in [-0.2, 0) is 0 Å². The summed E-state index contributed by atoms with van der Waals surface area (Å²) < 4.78 is 40.1. The quantitative estimate of drug-likeness (QED) is 0.882. The summed E-state index contributed by atoms with van der Waals surface area (Å²) in [6.45, 7) is 0. The van der Waals surface area contributed by atoms with E-state index in [1.165, 1.54) is 24.4 Å². The third kappa shape index (κ3) is 3.27. The van der Waals surface area contributed by atoms with Crippen LogP contribution >= 0.6 is 0 Å². The lowest BCUT2D eigenvalue weighted by Gasteiger charge is -2.11. The van der Waals surface area contributed by atoms with E-state index in [9.17, 15) is 23.1 Å². The van der Waals surface area contributed by atoms with E-state index in [0.717, 1.165) is 12.1 Å². The van der Waals surface area contributed by atoms with Gasteiger partial charge in [0.15, 0.2) is 11.5 Å². The molecule has 0 fully saturated rings. The molecule has 0 atom stereocenters. The lowest BCUT2D eigenvalue weighted by atomic mass is 10.1. The second kappa shape index (κ2) is 4.68. The fourth-order valence-corrected chi connectivity index (χ4v) is 1.52. The highest BCUT2D eigenvalue weighted by Gasteiger charge is 2.32. The van der Waals surface area contributed by atoms with Crippen molar-refractivity contribution in [3.63, 3.8) is 0 Å². The standard InChI is InChI=1S/C12H8F3NO3/c13-12(14,15)19-10-5-7(1-2-9(10)17)8-3-4-16-11(18)6-8/h1-6,17H,(H,16,18). The number of hydrogen-bond acceptors (Lipinski definition) is 3. The first-order valence-corrected chi connectivity index (χ1v) is 5.13. The zero-order valence-corrected chi connectivity index (χ0v) is 9.36. The minimum atomic E-state index is -4.90. The van der Waals surface area contributed by atoms with Gasteiger partial charge in [-0.25, -0.2) is 0 Å². The molecule has 2 rings (SSSR count). The van der Waals surface area contributed by atoms with Crippen LogP contribution in [-0.4, -0.2) is 16.5 Å². The number of nitrogens with one attached hydrogen (secondary N) is 1. The molecule has 1 aromatic carbocycles. The maximum Gasteiger partial charge on any atom is 0.573 e. The van der Waals surface area contributed by atoms with Crippen LogP contribution in [0.4, 0.5) is 13.2 Å². The molecule has 0 saturated heterocycles. The highest BCUT2D eigenvalue weighted by molar-refractivity contribution is 5.66. The van der Waals surface area contributed by atoms with Crippen LogP contribution in [0.25, 0.3) is 11.1 Å². The van der Waals surface area contributed by atoms with Gasteiger partial charge in [0.2, 0.25) is 5.56 Å². The number of alkyl halides is 3. The van der Waals surface area contributed by atoms with Gasteiger partial charge in [-0.2, -0.15) is 0 Å². The van der Waals surface area contributed by atoms with Crippen molar-refractivity contribution >= 4 is 0 Å². The number of aromatic nitrogens is 1. The molecule has 2 aromatic rings. The van der Waals surface area contributed by atoms with Crippen molar-refractivity contribution in [2.75, 3.05) is 0 Å². The number of aromatic amines is 1. The first-order valence-electron chi connectivity index (χ1n) is 5.13. The van der Waals surface area contributed by atoms with Crippen molar-refractivity contribution in [3.8, 4) is 22.6 Å². The SMILES string of the molecule is O=c1cc(-c2ccc(O)c(OC(F)(F)F)c2)cc[nH]1. The Morgan fingerprint density at radius 1 is 1.11 bits per heavy atom. The Hall–Kier alpha value is -2.44. The van der Waals surface area contributed by atoms with E-state index in [0.29, 0.717) is 11.1 Å². The van der Waals surface area contributed by atoms with Crippen LogP contribution in [0.5, 0.6) is 11.5 Å². The van der Waals surface area contributed by atoms with E-state index in [1.807, 2.05) is 0 Å². The first kappa shape index (κ1) is 13.0. The molecule has 7 heteroatoms. The highest BCUT2D eigenvalue weighted by Crippen LogP contribution is 2.34. The molecular formula is C12H8F3NO3. The van der Waals surface area contributed by atoms with Crippen LogP contribution in [0.2, 0.25) is 0 Å². The third-order valence-electron chi connectivity index (χ3n) is 2.29. The summed E-state index contributed by atoms with van der Waals surface area (Å²) >= 11 is 0. The van der Waals surface area contributed by atoms with Crippen LogP contribution < -0.4 is 10.3 Å². The fraction of sp³-hybridized carbons (Fsp3) is 0.0833. The van der Waals surface area contributed by atoms with Gasteiger partial charge in [0.05, 0.1) is 0 Å². The molecule has 0 unspecified atom stereocenters. The van der Waals surface area contributed by atoms with E-state index in [2.05, 4.69) is 9.72 Å². The van der Waals surface area contributed by atoms with Crippen molar-refractivity contribution in [1.29, 1.82) is 0 Å². The smallest absolute Gasteiger partial charge is 0.504 e. The zero-order valence-electron chi connectivity index (χ0n) is 9.36. The van der Waals surface area contributed by atoms with Crippen LogP contribution in [0.3, 0.4) is 0 Å². The van der Waals surface area contributed by atoms with Crippen LogP contribution in [0.15, 0.2) is 41.3 Å². The molecule has 100 valence electrons. The van der Waals surface area contributed by atoms with E-state index in [4.69, 9.17) is 0 Å². The van der Waals surface area contributed by atoms with Gasteiger partial charge in [-0.3, -0.25) is 4.79 Å². The van der Waals surface area contributed by atoms with E-state index in [-0.39, 0.29) is 5.56 Å². The molecule has 1 heterocycles. The van der Waals surface area contributed by atoms with Gasteiger partial charge < -0.3 is 14.8 Å². The van der Waals surface area contributed by atoms with Crippen molar-refractivity contribution in [1.82, 2.24) is 4.98 Å². The number of aromatic hydroxyl groups is 1. The van der Waals surface area contributed by atoms with E-state index < -0.39 is 17.9 Å². The summed E-state index contributed by atoms with van der Waals surface area (Å²) in [7, 11) is 0. The number of pyridine rings is 1. The molecule has 0 bridgehead atoms. The number of halogens is 3. The van der Waals surface area contributed by atoms with Crippen molar-refractivity contribution in [2.24, 2.45) is 0 Å². The van der Waals surface area contributed by atoms with Crippen molar-refractivity contribution in [2.45, 2.75) is 6.36 Å². The average Bonchev–Trinajstić information content (AvgIpc) is 2.30. The van der Waals surface area contributed by atoms with Crippen molar-refractivity contribution < 1.29 is 23.0 Å². The molecular weight excluding hydrogens is 263 g/mol. The third-order valence-corrected chi connectivity index (χ3v) is 2.29. The predicted octanol–water partition coefficient (Wildman–Crippen LogP) is 2.65. The average molecular weight is 271 g/mol. The summed E-state index contributed by atoms with van der Waals surface area (Å²) in [5.41, 5.74) is 0.350. The molecule has 0 amide bonds. The topological polar surface area (TPSA) is 62.3 Å². The number of phenolic OH excluding ortho intramolecular Hbond substituents is 1. The van der Waals surface area contributed by atoms with E-state index in [1.54, 1.807) is 0 Å². The molecule has 0 aliphatic carbocycles. The second-order valence-electron chi connectivity index (χ2n) is 3.67. The number of benzene rings is 1. The molecule has 2 N–H and O–H groups in total. The van der Waals surface area contributed by atoms with Gasteiger partial charge in [-0.05, 0) is 29.3 Å². The predicted molar refractivity (Wildman–Crippen MR) is 60.8 cm³/mol. The molecule has 19 heavy (non-hydrogen) atoms. The Kier molecular flexibility index (Phi) is 3.20. The fourth-order valence-electron chi connectivity index (χ4n) is 1.52. The Morgan fingerprint density at radius 2 is 1.79 bits per heavy atom. The molecule has 1 aromatic heterocycles. The van der Waals surface area contributed by atoms with Gasteiger partial charge in [0.1, 0.15) is 0 Å². The summed E-state index contributed by atoms with van der Waals surface area (Å²) in [5, 5.41) is 9.31. The number of hydrogen-bond donors (Lipinski definition) is 2. The first-order chi connectivity index (χ1) is 8.85. The zero-order chi connectivity index (χ0) is 14.0. The maximum atomic E-state index is 12.1. The van der Waals surface area contributed by atoms with Crippen LogP contribution in [0, 0.1) is 0 Å².